The van der Waals surface area contributed by atoms with Crippen LogP contribution >= 0.6 is 0 Å². The highest BCUT2D eigenvalue weighted by atomic mass is 16.5. The van der Waals surface area contributed by atoms with Crippen molar-refractivity contribution in [2.24, 2.45) is 5.92 Å². The van der Waals surface area contributed by atoms with E-state index in [9.17, 15) is 24.0 Å². The van der Waals surface area contributed by atoms with E-state index in [-0.39, 0.29) is 36.2 Å². The number of fused-ring (bicyclic) bond motifs is 3. The van der Waals surface area contributed by atoms with Crippen LogP contribution in [-0.4, -0.2) is 52.7 Å². The molecule has 1 aliphatic carbocycles. The predicted molar refractivity (Wildman–Crippen MR) is 156 cm³/mol. The molecule has 0 N–H and O–H groups in total. The Bertz CT molecular complexity index is 1740. The third kappa shape index (κ3) is 5.04. The zero-order valence-electron chi connectivity index (χ0n) is 24.4. The number of carbonyl (C=O) groups is 3. The summed E-state index contributed by atoms with van der Waals surface area (Å²) in [7, 11) is 2.40. The van der Waals surface area contributed by atoms with Gasteiger partial charge in [-0.25, -0.2) is 37.9 Å². The number of hydrogen-bond acceptors (Lipinski definition) is 8. The standard InChI is InChI=1S/C32H33N3O8/c1-5-43-30(38)26-22-18-23(28(36)41-3)25(29(37)42-4)19(2)27(22)35-32(40)33(21-14-10-7-11-15-21)31(39)34(35)24(26)17-16-20-12-8-6-9-13-20/h6-15,19,24,27H,5,16-18H2,1-4H3/t19?,24-,27+/m0/s1. The summed E-state index contributed by atoms with van der Waals surface area (Å²) >= 11 is 0. The van der Waals surface area contributed by atoms with Crippen molar-refractivity contribution in [3.8, 4) is 5.69 Å². The molecule has 1 aromatic heterocycles. The van der Waals surface area contributed by atoms with E-state index in [4.69, 9.17) is 14.2 Å². The van der Waals surface area contributed by atoms with Gasteiger partial charge >= 0.3 is 29.3 Å². The van der Waals surface area contributed by atoms with Crippen molar-refractivity contribution < 1.29 is 28.6 Å². The van der Waals surface area contributed by atoms with Gasteiger partial charge in [-0.3, -0.25) is 0 Å². The summed E-state index contributed by atoms with van der Waals surface area (Å²) in [6, 6.07) is 16.2. The van der Waals surface area contributed by atoms with E-state index in [2.05, 4.69) is 0 Å². The lowest BCUT2D eigenvalue weighted by Crippen LogP contribution is -2.46. The summed E-state index contributed by atoms with van der Waals surface area (Å²) in [5, 5.41) is 0. The summed E-state index contributed by atoms with van der Waals surface area (Å²) in [5.41, 5.74) is 0.721. The average Bonchev–Trinajstić information content (AvgIpc) is 3.28. The number of ether oxygens (including phenoxy) is 3. The second-order valence-electron chi connectivity index (χ2n) is 10.4. The number of methoxy groups -OCH3 is 2. The zero-order chi connectivity index (χ0) is 30.8. The minimum absolute atomic E-state index is 0.0207. The van der Waals surface area contributed by atoms with Crippen molar-refractivity contribution in [2.75, 3.05) is 20.8 Å². The first-order valence-corrected chi connectivity index (χ1v) is 14.1. The SMILES string of the molecule is CCOC(=O)C1=C2CC(C(=O)OC)=C(C(=O)OC)C(C)[C@H]2n2c(=O)n(-c3ccccc3)c(=O)n2[C@H]1CCc1ccccc1. The number of benzene rings is 2. The van der Waals surface area contributed by atoms with Gasteiger partial charge in [0, 0.05) is 12.3 Å². The molecule has 2 aromatic carbocycles. The van der Waals surface area contributed by atoms with Crippen LogP contribution in [0.1, 0.15) is 44.3 Å². The van der Waals surface area contributed by atoms with E-state index in [1.54, 1.807) is 44.2 Å². The van der Waals surface area contributed by atoms with Crippen molar-refractivity contribution in [1.29, 1.82) is 0 Å². The number of para-hydroxylation sites is 1. The van der Waals surface area contributed by atoms with Crippen molar-refractivity contribution >= 4 is 17.9 Å². The third-order valence-electron chi connectivity index (χ3n) is 8.12. The number of carbonyl (C=O) groups excluding carboxylic acids is 3. The van der Waals surface area contributed by atoms with Gasteiger partial charge in [-0.2, -0.15) is 0 Å². The lowest BCUT2D eigenvalue weighted by atomic mass is 9.73. The number of rotatable bonds is 8. The molecule has 43 heavy (non-hydrogen) atoms. The fraction of sp³-hybridized carbons (Fsp3) is 0.344. The van der Waals surface area contributed by atoms with Gasteiger partial charge in [-0.15, -0.1) is 0 Å². The monoisotopic (exact) mass is 587 g/mol. The van der Waals surface area contributed by atoms with E-state index in [1.165, 1.54) is 23.6 Å². The number of esters is 3. The van der Waals surface area contributed by atoms with Gasteiger partial charge < -0.3 is 14.2 Å². The first-order chi connectivity index (χ1) is 20.7. The molecule has 0 bridgehead atoms. The smallest absolute Gasteiger partial charge is 0.352 e. The molecule has 1 unspecified atom stereocenters. The lowest BCUT2D eigenvalue weighted by molar-refractivity contribution is -0.140. The minimum Gasteiger partial charge on any atom is -0.466 e. The Balaban J connectivity index is 1.83. The average molecular weight is 588 g/mol. The molecule has 1 aliphatic heterocycles. The van der Waals surface area contributed by atoms with Crippen LogP contribution in [0.3, 0.4) is 0 Å². The number of aryl methyl sites for hydroxylation is 1. The Labute approximate surface area is 247 Å². The topological polar surface area (TPSA) is 128 Å². The summed E-state index contributed by atoms with van der Waals surface area (Å²) in [5.74, 6) is -3.02. The van der Waals surface area contributed by atoms with Crippen LogP contribution in [0.4, 0.5) is 0 Å². The molecule has 0 saturated heterocycles. The third-order valence-corrected chi connectivity index (χ3v) is 8.12. The molecular formula is C32H33N3O8. The molecular weight excluding hydrogens is 554 g/mol. The Morgan fingerprint density at radius 1 is 0.814 bits per heavy atom. The van der Waals surface area contributed by atoms with E-state index >= 15 is 0 Å². The fourth-order valence-electron chi connectivity index (χ4n) is 6.30. The van der Waals surface area contributed by atoms with E-state index in [0.717, 1.165) is 10.1 Å². The highest BCUT2D eigenvalue weighted by Crippen LogP contribution is 2.48. The molecule has 0 saturated carbocycles. The van der Waals surface area contributed by atoms with Gasteiger partial charge in [-0.05, 0) is 43.0 Å². The van der Waals surface area contributed by atoms with E-state index < -0.39 is 47.3 Å². The summed E-state index contributed by atoms with van der Waals surface area (Å²) < 4.78 is 19.3. The molecule has 3 aromatic rings. The van der Waals surface area contributed by atoms with E-state index in [1.807, 2.05) is 30.3 Å². The predicted octanol–water partition coefficient (Wildman–Crippen LogP) is 3.07. The maximum Gasteiger partial charge on any atom is 0.352 e. The molecule has 11 nitrogen and oxygen atoms in total. The molecule has 2 aliphatic rings. The Morgan fingerprint density at radius 3 is 2.02 bits per heavy atom. The van der Waals surface area contributed by atoms with Crippen molar-refractivity contribution in [2.45, 2.75) is 45.2 Å². The Morgan fingerprint density at radius 2 is 1.42 bits per heavy atom. The number of nitrogens with zero attached hydrogens (tertiary/aromatic N) is 3. The largest absolute Gasteiger partial charge is 0.466 e. The van der Waals surface area contributed by atoms with Gasteiger partial charge in [0.2, 0.25) is 0 Å². The summed E-state index contributed by atoms with van der Waals surface area (Å²) in [4.78, 5) is 68.3. The summed E-state index contributed by atoms with van der Waals surface area (Å²) in [6.45, 7) is 3.41. The Kier molecular flexibility index (Phi) is 8.33. The maximum atomic E-state index is 14.2. The van der Waals surface area contributed by atoms with Crippen LogP contribution in [0.25, 0.3) is 5.69 Å². The zero-order valence-corrected chi connectivity index (χ0v) is 24.4. The van der Waals surface area contributed by atoms with Gasteiger partial charge in [0.05, 0.1) is 55.3 Å². The van der Waals surface area contributed by atoms with Crippen LogP contribution in [0.5, 0.6) is 0 Å². The highest BCUT2D eigenvalue weighted by Gasteiger charge is 2.49. The maximum absolute atomic E-state index is 14.2. The minimum atomic E-state index is -0.958. The van der Waals surface area contributed by atoms with Crippen molar-refractivity contribution in [3.05, 3.63) is 109 Å². The Hall–Kier alpha value is -4.93. The highest BCUT2D eigenvalue weighted by molar-refractivity contribution is 6.02. The van der Waals surface area contributed by atoms with Crippen LogP contribution in [-0.2, 0) is 35.0 Å². The quantitative estimate of drug-likeness (QED) is 0.291. The molecule has 11 heteroatoms. The molecule has 3 atom stereocenters. The van der Waals surface area contributed by atoms with Crippen molar-refractivity contribution in [1.82, 2.24) is 13.9 Å². The molecule has 0 amide bonds. The lowest BCUT2D eigenvalue weighted by Gasteiger charge is -2.41. The van der Waals surface area contributed by atoms with Crippen molar-refractivity contribution in [3.63, 3.8) is 0 Å². The number of aromatic nitrogens is 3. The van der Waals surface area contributed by atoms with Crippen LogP contribution in [0, 0.1) is 5.92 Å². The number of hydrogen-bond donors (Lipinski definition) is 0. The fourth-order valence-corrected chi connectivity index (χ4v) is 6.30. The number of allylic oxidation sites excluding steroid dienone is 1. The van der Waals surface area contributed by atoms with Crippen LogP contribution in [0.2, 0.25) is 0 Å². The second-order valence-corrected chi connectivity index (χ2v) is 10.4. The molecule has 0 fully saturated rings. The summed E-state index contributed by atoms with van der Waals surface area (Å²) in [6.07, 6.45) is 0.591. The van der Waals surface area contributed by atoms with Gasteiger partial charge in [0.15, 0.2) is 0 Å². The van der Waals surface area contributed by atoms with E-state index in [0.29, 0.717) is 17.7 Å². The normalized spacial score (nSPS) is 19.4. The van der Waals surface area contributed by atoms with Crippen LogP contribution in [0.15, 0.2) is 92.5 Å². The van der Waals surface area contributed by atoms with Gasteiger partial charge in [0.25, 0.3) is 0 Å². The van der Waals surface area contributed by atoms with Gasteiger partial charge in [0.1, 0.15) is 0 Å². The van der Waals surface area contributed by atoms with Crippen LogP contribution < -0.4 is 11.4 Å². The molecule has 5 rings (SSSR count). The second kappa shape index (κ2) is 12.1. The molecule has 224 valence electrons. The molecule has 0 radical (unpaired) electrons. The first-order valence-electron chi connectivity index (χ1n) is 14.1. The van der Waals surface area contributed by atoms with Gasteiger partial charge in [-0.1, -0.05) is 55.5 Å². The first kappa shape index (κ1) is 29.6. The molecule has 2 heterocycles. The molecule has 0 spiro atoms.